The first-order chi connectivity index (χ1) is 32.8. The number of aromatic nitrogens is 1. The lowest BCUT2D eigenvalue weighted by Crippen LogP contribution is -2.64. The zero-order chi connectivity index (χ0) is 43.6. The lowest BCUT2D eigenvalue weighted by Gasteiger charge is -2.45. The second-order valence-corrected chi connectivity index (χ2v) is 17.0. The molecule has 2 aromatic heterocycles. The van der Waals surface area contributed by atoms with Crippen LogP contribution in [-0.4, -0.2) is 11.7 Å². The zero-order valence-corrected chi connectivity index (χ0v) is 35.8. The number of fused-ring (bicyclic) bond motifs is 8. The van der Waals surface area contributed by atoms with Gasteiger partial charge in [-0.3, -0.25) is 4.90 Å². The third kappa shape index (κ3) is 5.78. The SMILES string of the molecule is c1ccc(N(c2ccccc2)c2ccc3c(c2)Oc2c4c(cc5oc6ccccc6c25)C(c2ccccc2)(c2ccccc2)c2nc(N(c5ccccc5)c5ccccc5)ccc2B34)cc1. The van der Waals surface area contributed by atoms with Gasteiger partial charge in [0.1, 0.15) is 28.5 Å². The van der Waals surface area contributed by atoms with Crippen LogP contribution in [0.2, 0.25) is 0 Å². The molecule has 0 amide bonds. The molecule has 0 bridgehead atoms. The Morgan fingerprint density at radius 2 is 0.924 bits per heavy atom. The van der Waals surface area contributed by atoms with E-state index in [1.807, 2.05) is 6.07 Å². The van der Waals surface area contributed by atoms with Crippen molar-refractivity contribution in [3.05, 3.63) is 265 Å². The number of hydrogen-bond acceptors (Lipinski definition) is 5. The van der Waals surface area contributed by atoms with Gasteiger partial charge in [0, 0.05) is 39.9 Å². The van der Waals surface area contributed by atoms with E-state index in [9.17, 15) is 0 Å². The van der Waals surface area contributed by atoms with Crippen LogP contribution in [0.15, 0.2) is 247 Å². The number of rotatable bonds is 8. The molecule has 5 nitrogen and oxygen atoms in total. The average Bonchev–Trinajstić information content (AvgIpc) is 3.77. The van der Waals surface area contributed by atoms with Crippen molar-refractivity contribution in [3.63, 3.8) is 0 Å². The van der Waals surface area contributed by atoms with Crippen LogP contribution in [0.5, 0.6) is 11.5 Å². The first-order valence-electron chi connectivity index (χ1n) is 22.5. The lowest BCUT2D eigenvalue weighted by atomic mass is 9.30. The molecule has 0 N–H and O–H groups in total. The number of furan rings is 1. The van der Waals surface area contributed by atoms with Crippen LogP contribution < -0.4 is 30.9 Å². The van der Waals surface area contributed by atoms with E-state index in [1.54, 1.807) is 0 Å². The molecular weight excluding hydrogens is 805 g/mol. The number of anilines is 6. The number of benzene rings is 9. The summed E-state index contributed by atoms with van der Waals surface area (Å²) in [6.07, 6.45) is 0. The summed E-state index contributed by atoms with van der Waals surface area (Å²) in [5.74, 6) is 2.43. The van der Waals surface area contributed by atoms with Gasteiger partial charge >= 0.3 is 0 Å². The second-order valence-electron chi connectivity index (χ2n) is 17.0. The molecule has 0 spiro atoms. The van der Waals surface area contributed by atoms with Gasteiger partial charge in [0.2, 0.25) is 0 Å². The number of nitrogens with zero attached hydrogens (tertiary/aromatic N) is 3. The summed E-state index contributed by atoms with van der Waals surface area (Å²) in [5.41, 5.74) is 13.4. The lowest BCUT2D eigenvalue weighted by molar-refractivity contribution is 0.491. The van der Waals surface area contributed by atoms with Crippen LogP contribution >= 0.6 is 0 Å². The van der Waals surface area contributed by atoms with Gasteiger partial charge in [0.25, 0.3) is 6.71 Å². The molecule has 4 heterocycles. The Kier molecular flexibility index (Phi) is 8.78. The topological polar surface area (TPSA) is 41.7 Å². The molecule has 0 saturated heterocycles. The van der Waals surface area contributed by atoms with E-state index in [0.29, 0.717) is 0 Å². The molecule has 0 saturated carbocycles. The Morgan fingerprint density at radius 3 is 1.50 bits per heavy atom. The van der Waals surface area contributed by atoms with Crippen LogP contribution in [-0.2, 0) is 5.41 Å². The number of pyridine rings is 1. The predicted octanol–water partition coefficient (Wildman–Crippen LogP) is 13.2. The fourth-order valence-corrected chi connectivity index (χ4v) is 10.7. The Hall–Kier alpha value is -8.61. The van der Waals surface area contributed by atoms with E-state index in [-0.39, 0.29) is 6.71 Å². The molecule has 310 valence electrons. The third-order valence-electron chi connectivity index (χ3n) is 13.4. The Labute approximate surface area is 383 Å². The summed E-state index contributed by atoms with van der Waals surface area (Å²) in [4.78, 5) is 10.5. The van der Waals surface area contributed by atoms with Gasteiger partial charge in [-0.05, 0) is 106 Å². The molecule has 0 fully saturated rings. The van der Waals surface area contributed by atoms with Crippen LogP contribution in [0.3, 0.4) is 0 Å². The maximum absolute atomic E-state index is 7.51. The smallest absolute Gasteiger partial charge is 0.253 e. The van der Waals surface area contributed by atoms with Crippen LogP contribution in [0, 0.1) is 0 Å². The fraction of sp³-hybridized carbons (Fsp3) is 0.0167. The van der Waals surface area contributed by atoms with Crippen molar-refractivity contribution in [2.24, 2.45) is 0 Å². The van der Waals surface area contributed by atoms with E-state index < -0.39 is 5.41 Å². The summed E-state index contributed by atoms with van der Waals surface area (Å²) < 4.78 is 14.4. The highest BCUT2D eigenvalue weighted by molar-refractivity contribution is 6.98. The van der Waals surface area contributed by atoms with Crippen LogP contribution in [0.25, 0.3) is 21.9 Å². The zero-order valence-electron chi connectivity index (χ0n) is 35.8. The highest BCUT2D eigenvalue weighted by atomic mass is 16.5. The standard InChI is InChI=1S/C60H40BN3O2/c1-7-21-41(22-8-1)60(42-23-9-2-10-24-42)49-40-54-56(48-33-19-20-34-52(48)65-54)58-57(49)61(51-37-38-55(62-59(51)60)64(45-29-15-5-16-30-45)46-31-17-6-18-32-46)50-36-35-47(39-53(50)66-58)63(43-25-11-3-12-26-43)44-27-13-4-14-28-44/h1-40H. The van der Waals surface area contributed by atoms with E-state index in [4.69, 9.17) is 14.1 Å². The summed E-state index contributed by atoms with van der Waals surface area (Å²) in [5, 5.41) is 1.99. The Morgan fingerprint density at radius 1 is 0.424 bits per heavy atom. The molecule has 6 heteroatoms. The van der Waals surface area contributed by atoms with Crippen molar-refractivity contribution in [1.29, 1.82) is 0 Å². The highest BCUT2D eigenvalue weighted by Gasteiger charge is 2.53. The number of hydrogen-bond donors (Lipinski definition) is 0. The molecule has 2 aliphatic heterocycles. The highest BCUT2D eigenvalue weighted by Crippen LogP contribution is 2.51. The number of ether oxygens (including phenoxy) is 1. The van der Waals surface area contributed by atoms with Gasteiger partial charge in [-0.25, -0.2) is 4.98 Å². The molecule has 0 unspecified atom stereocenters. The van der Waals surface area contributed by atoms with E-state index >= 15 is 0 Å². The first kappa shape index (κ1) is 37.9. The van der Waals surface area contributed by atoms with E-state index in [2.05, 4.69) is 246 Å². The van der Waals surface area contributed by atoms with Crippen LogP contribution in [0.4, 0.5) is 34.3 Å². The molecule has 66 heavy (non-hydrogen) atoms. The van der Waals surface area contributed by atoms with Crippen molar-refractivity contribution in [1.82, 2.24) is 4.98 Å². The third-order valence-corrected chi connectivity index (χ3v) is 13.4. The average molecular weight is 846 g/mol. The minimum absolute atomic E-state index is 0.230. The molecule has 0 aliphatic carbocycles. The summed E-state index contributed by atoms with van der Waals surface area (Å²) in [6, 6.07) is 85.7. The fourth-order valence-electron chi connectivity index (χ4n) is 10.7. The Balaban J connectivity index is 1.15. The van der Waals surface area contributed by atoms with Gasteiger partial charge in [-0.1, -0.05) is 164 Å². The second kappa shape index (κ2) is 15.3. The van der Waals surface area contributed by atoms with Crippen molar-refractivity contribution < 1.29 is 9.15 Å². The van der Waals surface area contributed by atoms with Crippen molar-refractivity contribution in [2.45, 2.75) is 5.41 Å². The van der Waals surface area contributed by atoms with Gasteiger partial charge < -0.3 is 14.1 Å². The van der Waals surface area contributed by atoms with Gasteiger partial charge in [0.15, 0.2) is 0 Å². The quantitative estimate of drug-likeness (QED) is 0.143. The predicted molar refractivity (Wildman–Crippen MR) is 270 cm³/mol. The molecule has 0 atom stereocenters. The maximum Gasteiger partial charge on any atom is 0.253 e. The van der Waals surface area contributed by atoms with Gasteiger partial charge in [-0.15, -0.1) is 0 Å². The summed E-state index contributed by atoms with van der Waals surface area (Å²) >= 11 is 0. The van der Waals surface area contributed by atoms with Crippen molar-refractivity contribution >= 4 is 79.3 Å². The van der Waals surface area contributed by atoms with Crippen LogP contribution in [0.1, 0.15) is 22.4 Å². The van der Waals surface area contributed by atoms with Crippen molar-refractivity contribution in [2.75, 3.05) is 9.80 Å². The molecule has 0 radical (unpaired) electrons. The molecule has 13 rings (SSSR count). The molecule has 2 aliphatic rings. The summed E-state index contributed by atoms with van der Waals surface area (Å²) in [7, 11) is 0. The minimum Gasteiger partial charge on any atom is -0.458 e. The van der Waals surface area contributed by atoms with E-state index in [0.717, 1.165) is 106 Å². The molecule has 11 aromatic rings. The maximum atomic E-state index is 7.51. The number of para-hydroxylation sites is 5. The summed E-state index contributed by atoms with van der Waals surface area (Å²) in [6.45, 7) is -0.230. The normalized spacial score (nSPS) is 13.1. The minimum atomic E-state index is -0.890. The molecular formula is C60H40BN3O2. The molecule has 9 aromatic carbocycles. The van der Waals surface area contributed by atoms with Gasteiger partial charge in [-0.2, -0.15) is 0 Å². The first-order valence-corrected chi connectivity index (χ1v) is 22.5. The monoisotopic (exact) mass is 845 g/mol. The van der Waals surface area contributed by atoms with Crippen molar-refractivity contribution in [3.8, 4) is 11.5 Å². The Bertz CT molecular complexity index is 3450. The largest absolute Gasteiger partial charge is 0.458 e. The van der Waals surface area contributed by atoms with E-state index in [1.165, 1.54) is 0 Å². The van der Waals surface area contributed by atoms with Gasteiger partial charge in [0.05, 0.1) is 16.5 Å².